The second kappa shape index (κ2) is 7.66. The van der Waals surface area contributed by atoms with Crippen LogP contribution in [0.3, 0.4) is 0 Å². The summed E-state index contributed by atoms with van der Waals surface area (Å²) < 4.78 is 10.9. The van der Waals surface area contributed by atoms with E-state index < -0.39 is 0 Å². The van der Waals surface area contributed by atoms with Gasteiger partial charge in [-0.2, -0.15) is 5.10 Å². The Morgan fingerprint density at radius 1 is 1.42 bits per heavy atom. The van der Waals surface area contributed by atoms with E-state index in [1.54, 1.807) is 0 Å². The van der Waals surface area contributed by atoms with Crippen LogP contribution in [0.2, 0.25) is 0 Å². The van der Waals surface area contributed by atoms with Crippen LogP contribution in [0.4, 0.5) is 0 Å². The summed E-state index contributed by atoms with van der Waals surface area (Å²) >= 11 is 0. The molecule has 6 nitrogen and oxygen atoms in total. The average Bonchev–Trinajstić information content (AvgIpc) is 3.07. The van der Waals surface area contributed by atoms with Crippen molar-refractivity contribution in [2.75, 3.05) is 13.7 Å². The fraction of sp³-hybridized carbons (Fsp3) is 0.556. The van der Waals surface area contributed by atoms with Crippen LogP contribution in [-0.2, 0) is 9.53 Å². The molecule has 0 saturated heterocycles. The van der Waals surface area contributed by atoms with Crippen molar-refractivity contribution in [2.45, 2.75) is 51.2 Å². The van der Waals surface area contributed by atoms with E-state index in [9.17, 15) is 4.79 Å². The first-order valence-corrected chi connectivity index (χ1v) is 8.57. The Labute approximate surface area is 141 Å². The summed E-state index contributed by atoms with van der Waals surface area (Å²) in [6.45, 7) is 2.73. The molecular formula is C18H25N3O3. The van der Waals surface area contributed by atoms with Crippen molar-refractivity contribution in [3.05, 3.63) is 23.9 Å². The molecule has 2 N–H and O–H groups in total. The fourth-order valence-corrected chi connectivity index (χ4v) is 3.36. The minimum absolute atomic E-state index is 0.171. The molecule has 1 aromatic heterocycles. The first-order chi connectivity index (χ1) is 11.7. The van der Waals surface area contributed by atoms with Crippen LogP contribution >= 0.6 is 0 Å². The third-order valence-electron chi connectivity index (χ3n) is 4.75. The number of carbonyl (C=O) groups excluding carboxylic acids is 1. The zero-order valence-electron chi connectivity index (χ0n) is 14.3. The lowest BCUT2D eigenvalue weighted by Gasteiger charge is -2.30. The quantitative estimate of drug-likeness (QED) is 0.796. The number of fused-ring (bicyclic) bond motifs is 1. The number of aromatic amines is 1. The first-order valence-electron chi connectivity index (χ1n) is 8.57. The Hall–Kier alpha value is -2.08. The summed E-state index contributed by atoms with van der Waals surface area (Å²) in [6.07, 6.45) is 6.75. The van der Waals surface area contributed by atoms with Gasteiger partial charge in [-0.3, -0.25) is 9.89 Å². The molecule has 0 amide bonds. The van der Waals surface area contributed by atoms with Crippen molar-refractivity contribution in [1.82, 2.24) is 15.5 Å². The van der Waals surface area contributed by atoms with Gasteiger partial charge in [0.05, 0.1) is 25.2 Å². The van der Waals surface area contributed by atoms with Crippen LogP contribution in [0, 0.1) is 6.92 Å². The summed E-state index contributed by atoms with van der Waals surface area (Å²) in [4.78, 5) is 11.2. The maximum atomic E-state index is 11.2. The Morgan fingerprint density at radius 3 is 3.12 bits per heavy atom. The van der Waals surface area contributed by atoms with Crippen molar-refractivity contribution in [1.29, 1.82) is 0 Å². The monoisotopic (exact) mass is 331 g/mol. The summed E-state index contributed by atoms with van der Waals surface area (Å²) in [5, 5.41) is 11.6. The third-order valence-corrected chi connectivity index (χ3v) is 4.75. The Bertz CT molecular complexity index is 698. The van der Waals surface area contributed by atoms with Gasteiger partial charge < -0.3 is 14.8 Å². The molecule has 1 heterocycles. The average molecular weight is 331 g/mol. The van der Waals surface area contributed by atoms with Gasteiger partial charge in [0.25, 0.3) is 0 Å². The maximum Gasteiger partial charge on any atom is 0.306 e. The van der Waals surface area contributed by atoms with E-state index in [2.05, 4.69) is 27.2 Å². The molecule has 6 heteroatoms. The Kier molecular flexibility index (Phi) is 5.35. The number of carbonyl (C=O) groups is 1. The molecule has 1 aromatic carbocycles. The second-order valence-electron chi connectivity index (χ2n) is 6.40. The smallest absolute Gasteiger partial charge is 0.306 e. The number of methoxy groups -OCH3 is 1. The van der Waals surface area contributed by atoms with Crippen molar-refractivity contribution in [3.63, 3.8) is 0 Å². The van der Waals surface area contributed by atoms with E-state index in [-0.39, 0.29) is 12.1 Å². The predicted molar refractivity (Wildman–Crippen MR) is 92.1 cm³/mol. The number of aryl methyl sites for hydroxylation is 1. The van der Waals surface area contributed by atoms with Crippen molar-refractivity contribution in [2.24, 2.45) is 0 Å². The highest BCUT2D eigenvalue weighted by atomic mass is 16.5. The van der Waals surface area contributed by atoms with Gasteiger partial charge in [-0.05, 0) is 44.7 Å². The third kappa shape index (κ3) is 3.87. The van der Waals surface area contributed by atoms with Crippen LogP contribution in [0.5, 0.6) is 5.75 Å². The topological polar surface area (TPSA) is 76.2 Å². The van der Waals surface area contributed by atoms with E-state index in [1.165, 1.54) is 7.11 Å². The fourth-order valence-electron chi connectivity index (χ4n) is 3.36. The highest BCUT2D eigenvalue weighted by Gasteiger charge is 2.24. The number of esters is 1. The molecule has 0 spiro atoms. The van der Waals surface area contributed by atoms with E-state index in [4.69, 9.17) is 4.74 Å². The predicted octanol–water partition coefficient (Wildman–Crippen LogP) is 2.71. The summed E-state index contributed by atoms with van der Waals surface area (Å²) in [7, 11) is 1.42. The standard InChI is InChI=1S/C18H25N3O3/c1-12-15-11-20-21-16(15)6-7-17(12)24-14-5-3-4-13(10-14)19-9-8-18(22)23-2/h6-7,11,13-14,19H,3-5,8-10H2,1-2H3,(H,20,21)/t13-,14+/m1/s1. The largest absolute Gasteiger partial charge is 0.490 e. The zero-order valence-corrected chi connectivity index (χ0v) is 14.3. The highest BCUT2D eigenvalue weighted by molar-refractivity contribution is 5.83. The maximum absolute atomic E-state index is 11.2. The normalized spacial score (nSPS) is 20.9. The summed E-state index contributed by atoms with van der Waals surface area (Å²) in [5.41, 5.74) is 2.16. The van der Waals surface area contributed by atoms with E-state index in [0.717, 1.165) is 47.9 Å². The van der Waals surface area contributed by atoms with Gasteiger partial charge in [0, 0.05) is 23.5 Å². The molecule has 0 aliphatic heterocycles. The Balaban J connectivity index is 1.56. The molecule has 1 fully saturated rings. The SMILES string of the molecule is COC(=O)CCN[C@@H]1CCC[C@H](Oc2ccc3[nH]ncc3c2C)C1. The second-order valence-corrected chi connectivity index (χ2v) is 6.40. The number of ether oxygens (including phenoxy) is 2. The van der Waals surface area contributed by atoms with Crippen molar-refractivity contribution < 1.29 is 14.3 Å². The molecule has 130 valence electrons. The van der Waals surface area contributed by atoms with Gasteiger partial charge in [0.1, 0.15) is 11.9 Å². The van der Waals surface area contributed by atoms with Crippen LogP contribution < -0.4 is 10.1 Å². The number of H-pyrrole nitrogens is 1. The van der Waals surface area contributed by atoms with Crippen LogP contribution in [0.25, 0.3) is 10.9 Å². The van der Waals surface area contributed by atoms with E-state index in [1.807, 2.05) is 18.3 Å². The molecule has 0 radical (unpaired) electrons. The Morgan fingerprint density at radius 2 is 2.29 bits per heavy atom. The van der Waals surface area contributed by atoms with Crippen LogP contribution in [0.15, 0.2) is 18.3 Å². The first kappa shape index (κ1) is 16.8. The van der Waals surface area contributed by atoms with Crippen LogP contribution in [-0.4, -0.2) is 42.0 Å². The molecule has 24 heavy (non-hydrogen) atoms. The lowest BCUT2D eigenvalue weighted by atomic mass is 9.92. The van der Waals surface area contributed by atoms with Gasteiger partial charge in [0.2, 0.25) is 0 Å². The van der Waals surface area contributed by atoms with Gasteiger partial charge >= 0.3 is 5.97 Å². The number of hydrogen-bond acceptors (Lipinski definition) is 5. The molecule has 1 aliphatic rings. The highest BCUT2D eigenvalue weighted by Crippen LogP contribution is 2.30. The van der Waals surface area contributed by atoms with Crippen molar-refractivity contribution in [3.8, 4) is 5.75 Å². The molecule has 2 atom stereocenters. The lowest BCUT2D eigenvalue weighted by Crippen LogP contribution is -2.39. The summed E-state index contributed by atoms with van der Waals surface area (Å²) in [5.74, 6) is 0.763. The number of nitrogens with one attached hydrogen (secondary N) is 2. The number of hydrogen-bond donors (Lipinski definition) is 2. The van der Waals surface area contributed by atoms with Crippen LogP contribution in [0.1, 0.15) is 37.7 Å². The molecule has 0 bridgehead atoms. The minimum atomic E-state index is -0.171. The van der Waals surface area contributed by atoms with Gasteiger partial charge in [-0.1, -0.05) is 0 Å². The van der Waals surface area contributed by atoms with E-state index >= 15 is 0 Å². The lowest BCUT2D eigenvalue weighted by molar-refractivity contribution is -0.140. The van der Waals surface area contributed by atoms with Gasteiger partial charge in [-0.25, -0.2) is 0 Å². The number of aromatic nitrogens is 2. The van der Waals surface area contributed by atoms with Gasteiger partial charge in [-0.15, -0.1) is 0 Å². The molecular weight excluding hydrogens is 306 g/mol. The number of rotatable bonds is 6. The molecule has 1 aliphatic carbocycles. The van der Waals surface area contributed by atoms with E-state index in [0.29, 0.717) is 19.0 Å². The number of benzene rings is 1. The molecule has 3 rings (SSSR count). The van der Waals surface area contributed by atoms with Crippen molar-refractivity contribution >= 4 is 16.9 Å². The summed E-state index contributed by atoms with van der Waals surface area (Å²) in [6, 6.07) is 4.43. The molecule has 2 aromatic rings. The molecule has 1 saturated carbocycles. The molecule has 0 unspecified atom stereocenters. The zero-order chi connectivity index (χ0) is 16.9. The minimum Gasteiger partial charge on any atom is -0.490 e. The number of nitrogens with zero attached hydrogens (tertiary/aromatic N) is 1. The van der Waals surface area contributed by atoms with Gasteiger partial charge in [0.15, 0.2) is 0 Å².